The van der Waals surface area contributed by atoms with Crippen molar-refractivity contribution in [2.24, 2.45) is 5.14 Å². The van der Waals surface area contributed by atoms with Gasteiger partial charge in [-0.15, -0.1) is 0 Å². The molecule has 0 fully saturated rings. The summed E-state index contributed by atoms with van der Waals surface area (Å²) in [5, 5.41) is 16.4. The Labute approximate surface area is 193 Å². The van der Waals surface area contributed by atoms with Gasteiger partial charge in [0.1, 0.15) is 0 Å². The number of primary sulfonamides is 1. The summed E-state index contributed by atoms with van der Waals surface area (Å²) in [4.78, 5) is 47.6. The number of carbonyl (C=O) groups excluding carboxylic acids is 2. The molecule has 0 unspecified atom stereocenters. The monoisotopic (exact) mass is 488 g/mol. The first kappa shape index (κ1) is 24.5. The third-order valence-electron chi connectivity index (χ3n) is 5.15. The minimum Gasteiger partial charge on any atom is -0.465 e. The number of nitrogens with zero attached hydrogens (tertiary/aromatic N) is 3. The van der Waals surface area contributed by atoms with E-state index in [-0.39, 0.29) is 16.0 Å². The van der Waals surface area contributed by atoms with Gasteiger partial charge in [-0.2, -0.15) is 0 Å². The highest BCUT2D eigenvalue weighted by Gasteiger charge is 2.23. The molecule has 13 heteroatoms. The summed E-state index contributed by atoms with van der Waals surface area (Å²) in [6.07, 6.45) is 1.03. The number of aromatic nitrogens is 2. The molecule has 0 aliphatic carbocycles. The minimum absolute atomic E-state index is 0.0681. The van der Waals surface area contributed by atoms with Crippen LogP contribution in [0.3, 0.4) is 0 Å². The van der Waals surface area contributed by atoms with Gasteiger partial charge in [0.05, 0.1) is 29.0 Å². The lowest BCUT2D eigenvalue weighted by atomic mass is 10.1. The highest BCUT2D eigenvalue weighted by Crippen LogP contribution is 2.23. The normalized spacial score (nSPS) is 11.3. The number of benzene rings is 1. The number of Topliss-reactive ketones (excluding diaryl/α,β-unsaturated/α-hetero) is 1. The van der Waals surface area contributed by atoms with Crippen LogP contribution in [0.2, 0.25) is 0 Å². The fourth-order valence-corrected chi connectivity index (χ4v) is 4.08. The van der Waals surface area contributed by atoms with Crippen molar-refractivity contribution in [3.63, 3.8) is 0 Å². The number of rotatable bonds is 7. The van der Waals surface area contributed by atoms with Crippen molar-refractivity contribution in [1.82, 2.24) is 9.13 Å². The minimum atomic E-state index is -3.87. The number of sulfonamides is 1. The maximum Gasteiger partial charge on any atom is 0.339 e. The van der Waals surface area contributed by atoms with Gasteiger partial charge in [-0.1, -0.05) is 0 Å². The third kappa shape index (κ3) is 4.65. The predicted molar refractivity (Wildman–Crippen MR) is 120 cm³/mol. The van der Waals surface area contributed by atoms with Gasteiger partial charge in [0.25, 0.3) is 0 Å². The third-order valence-corrected chi connectivity index (χ3v) is 6.08. The maximum atomic E-state index is 13.0. The highest BCUT2D eigenvalue weighted by molar-refractivity contribution is 7.89. The van der Waals surface area contributed by atoms with Crippen LogP contribution < -0.4 is 10.7 Å². The van der Waals surface area contributed by atoms with Crippen LogP contribution in [0, 0.1) is 24.0 Å². The molecule has 0 atom stereocenters. The van der Waals surface area contributed by atoms with Gasteiger partial charge in [0.15, 0.2) is 5.78 Å². The van der Waals surface area contributed by atoms with Crippen molar-refractivity contribution >= 4 is 27.5 Å². The highest BCUT2D eigenvalue weighted by atomic mass is 32.2. The zero-order valence-electron chi connectivity index (χ0n) is 18.3. The molecule has 1 aromatic carbocycles. The quantitative estimate of drug-likeness (QED) is 0.225. The van der Waals surface area contributed by atoms with E-state index in [0.717, 1.165) is 23.9 Å². The molecule has 0 aliphatic rings. The van der Waals surface area contributed by atoms with Crippen molar-refractivity contribution in [2.45, 2.75) is 25.3 Å². The van der Waals surface area contributed by atoms with Crippen molar-refractivity contribution in [3.05, 3.63) is 85.6 Å². The molecule has 0 spiro atoms. The van der Waals surface area contributed by atoms with Gasteiger partial charge >= 0.3 is 17.2 Å². The molecular weight excluding hydrogens is 468 g/mol. The number of carbonyl (C=O) groups is 2. The number of pyridine rings is 1. The fraction of sp³-hybridized carbons (Fsp3) is 0.190. The van der Waals surface area contributed by atoms with Gasteiger partial charge < -0.3 is 13.9 Å². The lowest BCUT2D eigenvalue weighted by molar-refractivity contribution is -0.386. The average Bonchev–Trinajstić information content (AvgIpc) is 3.07. The maximum absolute atomic E-state index is 13.0. The largest absolute Gasteiger partial charge is 0.465 e. The van der Waals surface area contributed by atoms with E-state index in [1.54, 1.807) is 24.5 Å². The molecule has 12 nitrogen and oxygen atoms in total. The van der Waals surface area contributed by atoms with Gasteiger partial charge in [-0.25, -0.2) is 18.4 Å². The number of methoxy groups -OCH3 is 1. The summed E-state index contributed by atoms with van der Waals surface area (Å²) < 4.78 is 30.0. The van der Waals surface area contributed by atoms with Crippen molar-refractivity contribution in [3.8, 4) is 5.69 Å². The number of esters is 1. The molecule has 0 radical (unpaired) electrons. The topological polar surface area (TPSA) is 174 Å². The predicted octanol–water partition coefficient (Wildman–Crippen LogP) is 1.48. The second-order valence-electron chi connectivity index (χ2n) is 7.38. The van der Waals surface area contributed by atoms with Crippen LogP contribution in [-0.2, 0) is 21.3 Å². The summed E-state index contributed by atoms with van der Waals surface area (Å²) in [5.74, 6) is -1.43. The first-order valence-corrected chi connectivity index (χ1v) is 11.2. The van der Waals surface area contributed by atoms with Crippen LogP contribution in [0.4, 0.5) is 5.69 Å². The van der Waals surface area contributed by atoms with E-state index in [4.69, 9.17) is 5.14 Å². The van der Waals surface area contributed by atoms with E-state index in [1.807, 2.05) is 0 Å². The molecule has 0 saturated heterocycles. The van der Waals surface area contributed by atoms with E-state index in [1.165, 1.54) is 24.3 Å². The average molecular weight is 488 g/mol. The van der Waals surface area contributed by atoms with Gasteiger partial charge in [0, 0.05) is 34.9 Å². The zero-order chi connectivity index (χ0) is 25.4. The lowest BCUT2D eigenvalue weighted by Gasteiger charge is -2.11. The van der Waals surface area contributed by atoms with E-state index in [2.05, 4.69) is 4.74 Å². The second kappa shape index (κ2) is 9.03. The zero-order valence-corrected chi connectivity index (χ0v) is 19.2. The van der Waals surface area contributed by atoms with E-state index < -0.39 is 44.5 Å². The number of ether oxygens (including phenoxy) is 1. The molecule has 2 heterocycles. The van der Waals surface area contributed by atoms with Crippen LogP contribution in [0.15, 0.2) is 52.3 Å². The number of nitro groups is 1. The number of hydrogen-bond acceptors (Lipinski definition) is 8. The summed E-state index contributed by atoms with van der Waals surface area (Å²) in [5.41, 5.74) is -0.201. The molecule has 3 rings (SSSR count). The number of aryl methyl sites for hydroxylation is 1. The van der Waals surface area contributed by atoms with Crippen molar-refractivity contribution < 1.29 is 27.7 Å². The molecule has 0 saturated carbocycles. The lowest BCUT2D eigenvalue weighted by Crippen LogP contribution is -2.27. The molecule has 3 aromatic rings. The standard InChI is InChI=1S/C21H20N4O8S/c1-12-8-17(13(2)24(12)15-4-6-16(7-5-15)34(22,31)32)19(26)11-23-10-14(21(28)33-3)9-18(20(23)27)25(29)30/h4-10H,11H2,1-3H3,(H2,22,31,32). The van der Waals surface area contributed by atoms with Gasteiger partial charge in [-0.3, -0.25) is 19.7 Å². The molecule has 0 bridgehead atoms. The van der Waals surface area contributed by atoms with E-state index >= 15 is 0 Å². The van der Waals surface area contributed by atoms with Gasteiger partial charge in [0.2, 0.25) is 10.0 Å². The summed E-state index contributed by atoms with van der Waals surface area (Å²) in [7, 11) is -2.78. The first-order valence-electron chi connectivity index (χ1n) is 9.67. The molecule has 0 amide bonds. The fourth-order valence-electron chi connectivity index (χ4n) is 3.56. The van der Waals surface area contributed by atoms with Crippen LogP contribution in [0.1, 0.15) is 32.1 Å². The Bertz CT molecular complexity index is 1480. The molecule has 178 valence electrons. The smallest absolute Gasteiger partial charge is 0.339 e. The second-order valence-corrected chi connectivity index (χ2v) is 8.94. The molecule has 2 aromatic heterocycles. The summed E-state index contributed by atoms with van der Waals surface area (Å²) in [6.45, 7) is 2.83. The Morgan fingerprint density at radius 1 is 1.15 bits per heavy atom. The van der Waals surface area contributed by atoms with Crippen molar-refractivity contribution in [2.75, 3.05) is 7.11 Å². The SMILES string of the molecule is COC(=O)c1cc([N+](=O)[O-])c(=O)n(CC(=O)c2cc(C)n(-c3ccc(S(N)(=O)=O)cc3)c2C)c1. The Morgan fingerprint density at radius 3 is 2.29 bits per heavy atom. The Kier molecular flexibility index (Phi) is 6.52. The Hall–Kier alpha value is -4.10. The van der Waals surface area contributed by atoms with Crippen LogP contribution >= 0.6 is 0 Å². The van der Waals surface area contributed by atoms with Crippen LogP contribution in [-0.4, -0.2) is 41.3 Å². The van der Waals surface area contributed by atoms with Crippen LogP contribution in [0.5, 0.6) is 0 Å². The summed E-state index contributed by atoms with van der Waals surface area (Å²) in [6, 6.07) is 8.11. The number of hydrogen-bond donors (Lipinski definition) is 1. The van der Waals surface area contributed by atoms with E-state index in [0.29, 0.717) is 17.1 Å². The Balaban J connectivity index is 2.01. The molecule has 0 aliphatic heterocycles. The van der Waals surface area contributed by atoms with Crippen molar-refractivity contribution in [1.29, 1.82) is 0 Å². The Morgan fingerprint density at radius 2 is 1.76 bits per heavy atom. The van der Waals surface area contributed by atoms with E-state index in [9.17, 15) is 32.9 Å². The molecule has 34 heavy (non-hydrogen) atoms. The molecular formula is C21H20N4O8S. The number of nitrogens with two attached hydrogens (primary N) is 1. The molecule has 2 N–H and O–H groups in total. The summed E-state index contributed by atoms with van der Waals surface area (Å²) >= 11 is 0. The number of ketones is 1. The first-order chi connectivity index (χ1) is 15.8. The van der Waals surface area contributed by atoms with Gasteiger partial charge in [-0.05, 0) is 44.2 Å². The van der Waals surface area contributed by atoms with Crippen LogP contribution in [0.25, 0.3) is 5.69 Å².